The van der Waals surface area contributed by atoms with Crippen LogP contribution in [0.15, 0.2) is 23.2 Å². The number of pyridine rings is 1. The Hall–Kier alpha value is -1.67. The molecule has 0 bridgehead atoms. The van der Waals surface area contributed by atoms with Crippen molar-refractivity contribution < 1.29 is 13.2 Å². The third-order valence-corrected chi connectivity index (χ3v) is 4.34. The zero-order valence-electron chi connectivity index (χ0n) is 10.5. The van der Waals surface area contributed by atoms with Crippen LogP contribution in [-0.4, -0.2) is 38.9 Å². The van der Waals surface area contributed by atoms with Gasteiger partial charge >= 0.3 is 0 Å². The quantitative estimate of drug-likeness (QED) is 0.703. The van der Waals surface area contributed by atoms with Gasteiger partial charge in [-0.3, -0.25) is 4.79 Å². The number of hydrogen-bond donors (Lipinski definition) is 3. The van der Waals surface area contributed by atoms with Gasteiger partial charge in [-0.1, -0.05) is 0 Å². The van der Waals surface area contributed by atoms with Gasteiger partial charge in [-0.05, 0) is 25.0 Å². The monoisotopic (exact) mass is 284 g/mol. The van der Waals surface area contributed by atoms with Crippen molar-refractivity contribution >= 4 is 21.7 Å². The van der Waals surface area contributed by atoms with E-state index >= 15 is 0 Å². The summed E-state index contributed by atoms with van der Waals surface area (Å²) in [6.45, 7) is 0.593. The molecule has 0 spiro atoms. The SMILES string of the molecule is CNc1ccc(S(=O)(=O)NC2CCCNC2=O)cn1. The standard InChI is InChI=1S/C11H16N4O3S/c1-12-10-5-4-8(7-14-10)19(17,18)15-9-3-2-6-13-11(9)16/h4-5,7,9,15H,2-3,6H2,1H3,(H,12,14)(H,13,16). The number of piperidine rings is 1. The van der Waals surface area contributed by atoms with E-state index in [1.54, 1.807) is 13.1 Å². The highest BCUT2D eigenvalue weighted by Crippen LogP contribution is 2.13. The summed E-state index contributed by atoms with van der Waals surface area (Å²) in [5.74, 6) is 0.295. The maximum absolute atomic E-state index is 12.1. The van der Waals surface area contributed by atoms with Crippen LogP contribution in [0, 0.1) is 0 Å². The van der Waals surface area contributed by atoms with Gasteiger partial charge in [0, 0.05) is 19.8 Å². The van der Waals surface area contributed by atoms with E-state index in [1.807, 2.05) is 0 Å². The molecule has 1 aliphatic heterocycles. The molecular formula is C11H16N4O3S. The first-order valence-corrected chi connectivity index (χ1v) is 7.45. The Labute approximate surface area is 111 Å². The Balaban J connectivity index is 2.14. The zero-order valence-corrected chi connectivity index (χ0v) is 11.3. The topological polar surface area (TPSA) is 100 Å². The molecule has 2 rings (SSSR count). The summed E-state index contributed by atoms with van der Waals surface area (Å²) in [6.07, 6.45) is 2.53. The molecule has 1 amide bonds. The lowest BCUT2D eigenvalue weighted by molar-refractivity contribution is -0.124. The van der Waals surface area contributed by atoms with Crippen molar-refractivity contribution in [2.75, 3.05) is 18.9 Å². The molecular weight excluding hydrogens is 268 g/mol. The Kier molecular flexibility index (Phi) is 4.01. The summed E-state index contributed by atoms with van der Waals surface area (Å²) in [7, 11) is -2.02. The summed E-state index contributed by atoms with van der Waals surface area (Å²) in [6, 6.07) is 2.31. The van der Waals surface area contributed by atoms with E-state index in [2.05, 4.69) is 20.3 Å². The normalized spacial score (nSPS) is 19.8. The van der Waals surface area contributed by atoms with Crippen molar-refractivity contribution in [1.82, 2.24) is 15.0 Å². The second kappa shape index (κ2) is 5.54. The van der Waals surface area contributed by atoms with Crippen LogP contribution in [-0.2, 0) is 14.8 Å². The first kappa shape index (κ1) is 13.8. The zero-order chi connectivity index (χ0) is 13.9. The van der Waals surface area contributed by atoms with Crippen molar-refractivity contribution in [2.24, 2.45) is 0 Å². The minimum absolute atomic E-state index is 0.0462. The van der Waals surface area contributed by atoms with Gasteiger partial charge in [-0.2, -0.15) is 4.72 Å². The largest absolute Gasteiger partial charge is 0.373 e. The van der Waals surface area contributed by atoms with Crippen molar-refractivity contribution in [1.29, 1.82) is 0 Å². The van der Waals surface area contributed by atoms with Crippen LogP contribution in [0.1, 0.15) is 12.8 Å². The minimum atomic E-state index is -3.72. The van der Waals surface area contributed by atoms with E-state index in [0.29, 0.717) is 18.8 Å². The van der Waals surface area contributed by atoms with Crippen LogP contribution < -0.4 is 15.4 Å². The molecule has 1 atom stereocenters. The summed E-state index contributed by atoms with van der Waals surface area (Å²) in [4.78, 5) is 15.5. The fraction of sp³-hybridized carbons (Fsp3) is 0.455. The molecule has 0 radical (unpaired) electrons. The van der Waals surface area contributed by atoms with Crippen molar-refractivity contribution in [3.63, 3.8) is 0 Å². The van der Waals surface area contributed by atoms with E-state index in [-0.39, 0.29) is 10.8 Å². The predicted molar refractivity (Wildman–Crippen MR) is 70.1 cm³/mol. The average Bonchev–Trinajstić information content (AvgIpc) is 2.41. The van der Waals surface area contributed by atoms with Gasteiger partial charge in [-0.15, -0.1) is 0 Å². The molecule has 1 aliphatic rings. The Bertz CT molecular complexity index is 556. The lowest BCUT2D eigenvalue weighted by Crippen LogP contribution is -2.50. The molecule has 1 unspecified atom stereocenters. The van der Waals surface area contributed by atoms with Gasteiger partial charge in [0.2, 0.25) is 15.9 Å². The number of amides is 1. The predicted octanol–water partition coefficient (Wildman–Crippen LogP) is -0.320. The first-order valence-electron chi connectivity index (χ1n) is 5.97. The van der Waals surface area contributed by atoms with Crippen LogP contribution in [0.2, 0.25) is 0 Å². The molecule has 1 aromatic heterocycles. The molecule has 1 aromatic rings. The lowest BCUT2D eigenvalue weighted by atomic mass is 10.1. The van der Waals surface area contributed by atoms with E-state index < -0.39 is 16.1 Å². The van der Waals surface area contributed by atoms with Gasteiger partial charge in [0.1, 0.15) is 16.8 Å². The van der Waals surface area contributed by atoms with Crippen LogP contribution >= 0.6 is 0 Å². The molecule has 7 nitrogen and oxygen atoms in total. The molecule has 3 N–H and O–H groups in total. The molecule has 1 fully saturated rings. The second-order valence-corrected chi connectivity index (χ2v) is 5.95. The lowest BCUT2D eigenvalue weighted by Gasteiger charge is -2.22. The number of aromatic nitrogens is 1. The number of nitrogens with one attached hydrogen (secondary N) is 3. The van der Waals surface area contributed by atoms with E-state index in [4.69, 9.17) is 0 Å². The summed E-state index contributed by atoms with van der Waals surface area (Å²) >= 11 is 0. The Morgan fingerprint density at radius 3 is 2.79 bits per heavy atom. The van der Waals surface area contributed by atoms with Crippen molar-refractivity contribution in [3.05, 3.63) is 18.3 Å². The van der Waals surface area contributed by atoms with Gasteiger partial charge in [0.15, 0.2) is 0 Å². The highest BCUT2D eigenvalue weighted by molar-refractivity contribution is 7.89. The maximum Gasteiger partial charge on any atom is 0.242 e. The first-order chi connectivity index (χ1) is 9.03. The number of anilines is 1. The number of nitrogens with zero attached hydrogens (tertiary/aromatic N) is 1. The molecule has 104 valence electrons. The van der Waals surface area contributed by atoms with Gasteiger partial charge in [0.25, 0.3) is 0 Å². The van der Waals surface area contributed by atoms with Gasteiger partial charge < -0.3 is 10.6 Å². The molecule has 0 aromatic carbocycles. The molecule has 1 saturated heterocycles. The Morgan fingerprint density at radius 2 is 2.21 bits per heavy atom. The van der Waals surface area contributed by atoms with Crippen molar-refractivity contribution in [3.8, 4) is 0 Å². The van der Waals surface area contributed by atoms with Crippen LogP contribution in [0.3, 0.4) is 0 Å². The van der Waals surface area contributed by atoms with E-state index in [0.717, 1.165) is 6.42 Å². The van der Waals surface area contributed by atoms with E-state index in [1.165, 1.54) is 12.3 Å². The van der Waals surface area contributed by atoms with Gasteiger partial charge in [0.05, 0.1) is 0 Å². The summed E-state index contributed by atoms with van der Waals surface area (Å²) in [5, 5.41) is 5.44. The summed E-state index contributed by atoms with van der Waals surface area (Å²) < 4.78 is 26.6. The molecule has 8 heteroatoms. The number of sulfonamides is 1. The third kappa shape index (κ3) is 3.21. The highest BCUT2D eigenvalue weighted by atomic mass is 32.2. The molecule has 19 heavy (non-hydrogen) atoms. The van der Waals surface area contributed by atoms with Crippen LogP contribution in [0.4, 0.5) is 5.82 Å². The second-order valence-electron chi connectivity index (χ2n) is 4.24. The Morgan fingerprint density at radius 1 is 1.42 bits per heavy atom. The summed E-state index contributed by atoms with van der Waals surface area (Å²) in [5.41, 5.74) is 0. The third-order valence-electron chi connectivity index (χ3n) is 2.89. The smallest absolute Gasteiger partial charge is 0.242 e. The fourth-order valence-corrected chi connectivity index (χ4v) is 3.00. The highest BCUT2D eigenvalue weighted by Gasteiger charge is 2.27. The number of carbonyl (C=O) groups is 1. The molecule has 0 saturated carbocycles. The van der Waals surface area contributed by atoms with Gasteiger partial charge in [-0.25, -0.2) is 13.4 Å². The van der Waals surface area contributed by atoms with Crippen LogP contribution in [0.5, 0.6) is 0 Å². The minimum Gasteiger partial charge on any atom is -0.373 e. The van der Waals surface area contributed by atoms with E-state index in [9.17, 15) is 13.2 Å². The molecule has 0 aliphatic carbocycles. The fourth-order valence-electron chi connectivity index (χ4n) is 1.83. The number of rotatable bonds is 4. The number of hydrogen-bond acceptors (Lipinski definition) is 5. The number of carbonyl (C=O) groups excluding carboxylic acids is 1. The van der Waals surface area contributed by atoms with Crippen LogP contribution in [0.25, 0.3) is 0 Å². The maximum atomic E-state index is 12.1. The molecule has 2 heterocycles. The average molecular weight is 284 g/mol. The van der Waals surface area contributed by atoms with Crippen molar-refractivity contribution in [2.45, 2.75) is 23.8 Å².